The van der Waals surface area contributed by atoms with Gasteiger partial charge in [0, 0.05) is 11.5 Å². The molecule has 0 bridgehead atoms. The second-order valence-electron chi connectivity index (χ2n) is 8.26. The monoisotopic (exact) mass is 412 g/mol. The number of benzene rings is 1. The second kappa shape index (κ2) is 9.96. The number of unbranched alkanes of at least 4 members (excludes halogenated alkanes) is 2. The minimum atomic E-state index is -0.905. The zero-order valence-corrected chi connectivity index (χ0v) is 18.3. The fourth-order valence-corrected chi connectivity index (χ4v) is 4.34. The summed E-state index contributed by atoms with van der Waals surface area (Å²) in [7, 11) is 0. The summed E-state index contributed by atoms with van der Waals surface area (Å²) < 4.78 is 17.5. The maximum absolute atomic E-state index is 13.0. The summed E-state index contributed by atoms with van der Waals surface area (Å²) in [5, 5.41) is 0. The Morgan fingerprint density at radius 2 is 2.13 bits per heavy atom. The van der Waals surface area contributed by atoms with Crippen LogP contribution in [0.3, 0.4) is 0 Å². The molecule has 5 nitrogen and oxygen atoms in total. The summed E-state index contributed by atoms with van der Waals surface area (Å²) in [6, 6.07) is 1.94. The molecular weight excluding hydrogens is 380 g/mol. The average Bonchev–Trinajstić information content (AvgIpc) is 2.67. The van der Waals surface area contributed by atoms with E-state index < -0.39 is 12.3 Å². The lowest BCUT2D eigenvalue weighted by Gasteiger charge is -2.32. The normalized spacial score (nSPS) is 20.5. The summed E-state index contributed by atoms with van der Waals surface area (Å²) in [6.07, 6.45) is 9.70. The lowest BCUT2D eigenvalue weighted by atomic mass is 9.83. The van der Waals surface area contributed by atoms with E-state index in [1.54, 1.807) is 0 Å². The van der Waals surface area contributed by atoms with Crippen molar-refractivity contribution >= 4 is 11.8 Å². The number of carbonyl (C=O) groups is 2. The largest absolute Gasteiger partial charge is 0.465 e. The van der Waals surface area contributed by atoms with Gasteiger partial charge in [-0.3, -0.25) is 4.79 Å². The van der Waals surface area contributed by atoms with E-state index in [0.29, 0.717) is 17.1 Å². The summed E-state index contributed by atoms with van der Waals surface area (Å²) in [4.78, 5) is 24.7. The number of esters is 1. The smallest absolute Gasteiger partial charge is 0.345 e. The molecule has 1 aromatic rings. The van der Waals surface area contributed by atoms with E-state index in [2.05, 4.69) is 26.5 Å². The number of hydrogen-bond acceptors (Lipinski definition) is 5. The van der Waals surface area contributed by atoms with E-state index in [4.69, 9.17) is 14.2 Å². The van der Waals surface area contributed by atoms with Gasteiger partial charge in [0.05, 0.1) is 12.7 Å². The van der Waals surface area contributed by atoms with Gasteiger partial charge < -0.3 is 14.2 Å². The van der Waals surface area contributed by atoms with Gasteiger partial charge in [0.2, 0.25) is 0 Å². The van der Waals surface area contributed by atoms with Crippen LogP contribution in [0, 0.1) is 0 Å². The molecule has 0 saturated carbocycles. The maximum Gasteiger partial charge on any atom is 0.345 e. The van der Waals surface area contributed by atoms with Crippen molar-refractivity contribution in [1.82, 2.24) is 0 Å². The number of ketones is 1. The summed E-state index contributed by atoms with van der Waals surface area (Å²) in [5.41, 5.74) is 3.51. The number of ether oxygens (including phenoxy) is 3. The Balaban J connectivity index is 2.15. The first-order valence-corrected chi connectivity index (χ1v) is 11.0. The van der Waals surface area contributed by atoms with Crippen LogP contribution >= 0.6 is 0 Å². The van der Waals surface area contributed by atoms with Gasteiger partial charge in [-0.2, -0.15) is 0 Å². The van der Waals surface area contributed by atoms with Gasteiger partial charge in [-0.15, -0.1) is 0 Å². The minimum absolute atomic E-state index is 0.0296. The van der Waals surface area contributed by atoms with Gasteiger partial charge in [0.1, 0.15) is 22.8 Å². The van der Waals surface area contributed by atoms with Crippen molar-refractivity contribution in [3.05, 3.63) is 47.2 Å². The highest BCUT2D eigenvalue weighted by Crippen LogP contribution is 2.47. The number of fused-ring (bicyclic) bond motifs is 1. The molecule has 2 aliphatic rings. The minimum Gasteiger partial charge on any atom is -0.465 e. The molecule has 0 amide bonds. The number of carbonyl (C=O) groups excluding carboxylic acids is 2. The number of allylic oxidation sites excluding steroid dienone is 2. The Labute approximate surface area is 179 Å². The number of rotatable bonds is 9. The molecule has 162 valence electrons. The number of hydrogen-bond donors (Lipinski definition) is 0. The van der Waals surface area contributed by atoms with Crippen molar-refractivity contribution in [2.45, 2.75) is 84.3 Å². The molecule has 5 heteroatoms. The van der Waals surface area contributed by atoms with Crippen LogP contribution in [0.5, 0.6) is 11.5 Å². The van der Waals surface area contributed by atoms with Crippen molar-refractivity contribution < 1.29 is 23.8 Å². The van der Waals surface area contributed by atoms with Crippen LogP contribution in [0.1, 0.15) is 93.1 Å². The third-order valence-corrected chi connectivity index (χ3v) is 5.71. The number of aryl methyl sites for hydroxylation is 1. The first-order valence-electron chi connectivity index (χ1n) is 11.0. The molecule has 1 aromatic carbocycles. The summed E-state index contributed by atoms with van der Waals surface area (Å²) in [6.45, 7) is 9.46. The van der Waals surface area contributed by atoms with Crippen LogP contribution < -0.4 is 9.47 Å². The topological polar surface area (TPSA) is 61.8 Å². The molecule has 0 radical (unpaired) electrons. The summed E-state index contributed by atoms with van der Waals surface area (Å²) >= 11 is 0. The van der Waals surface area contributed by atoms with E-state index in [1.807, 2.05) is 6.07 Å². The Kier molecular flexibility index (Phi) is 7.35. The van der Waals surface area contributed by atoms with Gasteiger partial charge >= 0.3 is 5.97 Å². The van der Waals surface area contributed by atoms with E-state index in [0.717, 1.165) is 56.1 Å². The van der Waals surface area contributed by atoms with Crippen molar-refractivity contribution in [3.63, 3.8) is 0 Å². The fraction of sp³-hybridized carbons (Fsp3) is 0.520. The van der Waals surface area contributed by atoms with E-state index in [-0.39, 0.29) is 18.1 Å². The highest BCUT2D eigenvalue weighted by Gasteiger charge is 2.36. The van der Waals surface area contributed by atoms with Crippen LogP contribution in [0.25, 0.3) is 0 Å². The van der Waals surface area contributed by atoms with Crippen LogP contribution in [-0.2, 0) is 16.0 Å². The molecule has 3 rings (SSSR count). The molecule has 1 aliphatic heterocycles. The maximum atomic E-state index is 13.0. The van der Waals surface area contributed by atoms with Crippen molar-refractivity contribution in [2.24, 2.45) is 0 Å². The quantitative estimate of drug-likeness (QED) is 0.215. The third kappa shape index (κ3) is 4.94. The molecular formula is C25H32O5. The van der Waals surface area contributed by atoms with Gasteiger partial charge in [-0.05, 0) is 57.6 Å². The Morgan fingerprint density at radius 1 is 1.33 bits per heavy atom. The average molecular weight is 413 g/mol. The molecule has 1 aliphatic carbocycles. The molecule has 1 heterocycles. The molecule has 2 atom stereocenters. The van der Waals surface area contributed by atoms with Crippen LogP contribution in [-0.4, -0.2) is 18.0 Å². The lowest BCUT2D eigenvalue weighted by molar-refractivity contribution is -0.125. The zero-order chi connectivity index (χ0) is 21.7. The molecule has 0 aromatic heterocycles. The first-order chi connectivity index (χ1) is 14.4. The van der Waals surface area contributed by atoms with Crippen LogP contribution in [0.15, 0.2) is 30.6 Å². The lowest BCUT2D eigenvalue weighted by Crippen LogP contribution is -2.33. The van der Waals surface area contributed by atoms with Crippen molar-refractivity contribution in [3.8, 4) is 11.5 Å². The zero-order valence-electron chi connectivity index (χ0n) is 18.3. The predicted molar refractivity (Wildman–Crippen MR) is 116 cm³/mol. The molecule has 0 spiro atoms. The van der Waals surface area contributed by atoms with E-state index >= 15 is 0 Å². The SMILES string of the molecule is C=COc1cc(CCCCC)c2c(c1[C@@H]1C=C(C)CCC1)OC(CC(C)=O)OC2=O. The van der Waals surface area contributed by atoms with E-state index in [1.165, 1.54) is 18.8 Å². The van der Waals surface area contributed by atoms with Crippen LogP contribution in [0.2, 0.25) is 0 Å². The highest BCUT2D eigenvalue weighted by molar-refractivity contribution is 5.96. The molecule has 1 unspecified atom stereocenters. The van der Waals surface area contributed by atoms with E-state index in [9.17, 15) is 9.59 Å². The summed E-state index contributed by atoms with van der Waals surface area (Å²) in [5.74, 6) is 0.752. The molecule has 0 saturated heterocycles. The van der Waals surface area contributed by atoms with Crippen molar-refractivity contribution in [1.29, 1.82) is 0 Å². The third-order valence-electron chi connectivity index (χ3n) is 5.71. The van der Waals surface area contributed by atoms with Crippen molar-refractivity contribution in [2.75, 3.05) is 0 Å². The standard InChI is InChI=1S/C25H32O5/c1-5-7-8-11-19-15-20(28-6-2)22(18-12-9-10-16(3)13-18)24-23(19)25(27)30-21(29-24)14-17(4)26/h6,13,15,18,21H,2,5,7-12,14H2,1,3-4H3/t18-,21?/m0/s1. The Morgan fingerprint density at radius 3 is 2.80 bits per heavy atom. The van der Waals surface area contributed by atoms with Gasteiger partial charge in [0.15, 0.2) is 0 Å². The first kappa shape index (κ1) is 22.1. The Bertz CT molecular complexity index is 852. The molecule has 0 fully saturated rings. The van der Waals surface area contributed by atoms with Gasteiger partial charge in [-0.1, -0.05) is 38.0 Å². The van der Waals surface area contributed by atoms with Gasteiger partial charge in [-0.25, -0.2) is 4.79 Å². The fourth-order valence-electron chi connectivity index (χ4n) is 4.34. The predicted octanol–water partition coefficient (Wildman–Crippen LogP) is 6.01. The molecule has 0 N–H and O–H groups in total. The van der Waals surface area contributed by atoms with Crippen LogP contribution in [0.4, 0.5) is 0 Å². The highest BCUT2D eigenvalue weighted by atomic mass is 16.7. The number of cyclic esters (lactones) is 1. The number of Topliss-reactive ketones (excluding diaryl/α,β-unsaturated/α-hetero) is 1. The Hall–Kier alpha value is -2.56. The molecule has 30 heavy (non-hydrogen) atoms. The second-order valence-corrected chi connectivity index (χ2v) is 8.26. The van der Waals surface area contributed by atoms with Gasteiger partial charge in [0.25, 0.3) is 6.29 Å².